The predicted octanol–water partition coefficient (Wildman–Crippen LogP) is 2.36. The van der Waals surface area contributed by atoms with E-state index in [-0.39, 0.29) is 0 Å². The Labute approximate surface area is 128 Å². The normalized spacial score (nSPS) is 19.4. The number of carbonyl (C=O) groups is 1. The van der Waals surface area contributed by atoms with Crippen LogP contribution in [0.2, 0.25) is 10.0 Å². The van der Waals surface area contributed by atoms with Gasteiger partial charge in [-0.2, -0.15) is 0 Å². The smallest absolute Gasteiger partial charge is 0.316 e. The summed E-state index contributed by atoms with van der Waals surface area (Å²) in [6, 6.07) is 4.95. The molecule has 20 heavy (non-hydrogen) atoms. The number of esters is 1. The van der Waals surface area contributed by atoms with Crippen molar-refractivity contribution in [2.75, 3.05) is 20.2 Å². The predicted molar refractivity (Wildman–Crippen MR) is 78.3 cm³/mol. The lowest BCUT2D eigenvalue weighted by Gasteiger charge is -2.38. The molecule has 1 saturated heterocycles. The summed E-state index contributed by atoms with van der Waals surface area (Å²) in [4.78, 5) is 12.1. The monoisotopic (exact) mass is 317 g/mol. The molecule has 2 rings (SSSR count). The van der Waals surface area contributed by atoms with E-state index in [0.29, 0.717) is 41.5 Å². The largest absolute Gasteiger partial charge is 0.468 e. The van der Waals surface area contributed by atoms with E-state index in [9.17, 15) is 9.90 Å². The number of methoxy groups -OCH3 is 1. The number of halogens is 2. The second-order valence-corrected chi connectivity index (χ2v) is 5.80. The molecule has 1 unspecified atom stereocenters. The fraction of sp³-hybridized carbons (Fsp3) is 0.500. The maximum Gasteiger partial charge on any atom is 0.316 e. The Kier molecular flexibility index (Phi) is 4.91. The Hall–Kier alpha value is -0.810. The van der Waals surface area contributed by atoms with Crippen molar-refractivity contribution >= 4 is 29.2 Å². The first kappa shape index (κ1) is 15.6. The molecule has 1 aromatic carbocycles. The lowest BCUT2D eigenvalue weighted by Crippen LogP contribution is -2.48. The van der Waals surface area contributed by atoms with E-state index >= 15 is 0 Å². The van der Waals surface area contributed by atoms with E-state index in [2.05, 4.69) is 5.32 Å². The Bertz CT molecular complexity index is 501. The molecule has 0 amide bonds. The first-order chi connectivity index (χ1) is 9.48. The molecular weight excluding hydrogens is 301 g/mol. The van der Waals surface area contributed by atoms with Gasteiger partial charge in [-0.05, 0) is 43.6 Å². The van der Waals surface area contributed by atoms with Crippen LogP contribution in [0, 0.1) is 0 Å². The highest BCUT2D eigenvalue weighted by molar-refractivity contribution is 6.42. The fourth-order valence-electron chi connectivity index (χ4n) is 2.62. The van der Waals surface area contributed by atoms with Crippen LogP contribution in [0.25, 0.3) is 0 Å². The number of carbonyl (C=O) groups excluding carboxylic acids is 1. The van der Waals surface area contributed by atoms with Crippen molar-refractivity contribution in [3.63, 3.8) is 0 Å². The molecule has 0 spiro atoms. The van der Waals surface area contributed by atoms with Gasteiger partial charge < -0.3 is 15.2 Å². The molecule has 6 heteroatoms. The number of ether oxygens (including phenoxy) is 1. The third-order valence-corrected chi connectivity index (χ3v) is 4.46. The van der Waals surface area contributed by atoms with Crippen molar-refractivity contribution in [2.45, 2.75) is 24.4 Å². The molecule has 0 bridgehead atoms. The van der Waals surface area contributed by atoms with Gasteiger partial charge in [0.2, 0.25) is 0 Å². The molecule has 1 atom stereocenters. The topological polar surface area (TPSA) is 58.6 Å². The van der Waals surface area contributed by atoms with Crippen LogP contribution in [0.4, 0.5) is 0 Å². The molecule has 4 nitrogen and oxygen atoms in total. The number of benzene rings is 1. The SMILES string of the molecule is COC(=O)C(c1ccc(Cl)c(Cl)c1)C1(O)CCNCC1. The summed E-state index contributed by atoms with van der Waals surface area (Å²) in [6.45, 7) is 1.32. The summed E-state index contributed by atoms with van der Waals surface area (Å²) < 4.78 is 4.86. The van der Waals surface area contributed by atoms with Crippen molar-refractivity contribution in [3.8, 4) is 0 Å². The second-order valence-electron chi connectivity index (χ2n) is 4.98. The average molecular weight is 318 g/mol. The van der Waals surface area contributed by atoms with Crippen molar-refractivity contribution in [2.24, 2.45) is 0 Å². The van der Waals surface area contributed by atoms with Crippen molar-refractivity contribution in [1.29, 1.82) is 0 Å². The molecule has 0 aliphatic carbocycles. The summed E-state index contributed by atoms with van der Waals surface area (Å²) in [6.07, 6.45) is 0.958. The maximum absolute atomic E-state index is 12.1. The van der Waals surface area contributed by atoms with Crippen molar-refractivity contribution in [1.82, 2.24) is 5.32 Å². The minimum atomic E-state index is -1.13. The van der Waals surface area contributed by atoms with Gasteiger partial charge in [0.25, 0.3) is 0 Å². The molecular formula is C14H17Cl2NO3. The molecule has 0 aromatic heterocycles. The number of nitrogens with one attached hydrogen (secondary N) is 1. The highest BCUT2D eigenvalue weighted by Gasteiger charge is 2.44. The summed E-state index contributed by atoms with van der Waals surface area (Å²) >= 11 is 11.9. The molecule has 1 heterocycles. The van der Waals surface area contributed by atoms with E-state index in [1.807, 2.05) is 0 Å². The first-order valence-corrected chi connectivity index (χ1v) is 7.19. The minimum Gasteiger partial charge on any atom is -0.468 e. The van der Waals surface area contributed by atoms with E-state index in [1.54, 1.807) is 18.2 Å². The fourth-order valence-corrected chi connectivity index (χ4v) is 2.93. The summed E-state index contributed by atoms with van der Waals surface area (Å²) in [5, 5.41) is 14.8. The van der Waals surface area contributed by atoms with Crippen LogP contribution >= 0.6 is 23.2 Å². The van der Waals surface area contributed by atoms with Crippen molar-refractivity contribution in [3.05, 3.63) is 33.8 Å². The molecule has 1 aromatic rings. The van der Waals surface area contributed by atoms with Gasteiger partial charge >= 0.3 is 5.97 Å². The summed E-state index contributed by atoms with van der Waals surface area (Å²) in [5.74, 6) is -1.22. The molecule has 1 aliphatic heterocycles. The van der Waals surface area contributed by atoms with Gasteiger partial charge in [0.15, 0.2) is 0 Å². The first-order valence-electron chi connectivity index (χ1n) is 6.44. The van der Waals surface area contributed by atoms with Gasteiger partial charge in [-0.25, -0.2) is 0 Å². The van der Waals surface area contributed by atoms with Crippen LogP contribution in [0.15, 0.2) is 18.2 Å². The number of piperidine rings is 1. The number of aliphatic hydroxyl groups is 1. The quantitative estimate of drug-likeness (QED) is 0.840. The van der Waals surface area contributed by atoms with E-state index in [4.69, 9.17) is 27.9 Å². The minimum absolute atomic E-state index is 0.357. The van der Waals surface area contributed by atoms with E-state index in [1.165, 1.54) is 7.11 Å². The second kappa shape index (κ2) is 6.31. The molecule has 1 aliphatic rings. The Morgan fingerprint density at radius 2 is 2.00 bits per heavy atom. The van der Waals surface area contributed by atoms with Gasteiger partial charge in [0.05, 0.1) is 22.8 Å². The van der Waals surface area contributed by atoms with Gasteiger partial charge in [-0.3, -0.25) is 4.79 Å². The number of rotatable bonds is 3. The molecule has 2 N–H and O–H groups in total. The Morgan fingerprint density at radius 3 is 2.55 bits per heavy atom. The Balaban J connectivity index is 2.41. The van der Waals surface area contributed by atoms with Crippen LogP contribution in [0.3, 0.4) is 0 Å². The van der Waals surface area contributed by atoms with Gasteiger partial charge in [-0.15, -0.1) is 0 Å². The van der Waals surface area contributed by atoms with Gasteiger partial charge in [0, 0.05) is 0 Å². The maximum atomic E-state index is 12.1. The summed E-state index contributed by atoms with van der Waals surface area (Å²) in [5.41, 5.74) is -0.508. The van der Waals surface area contributed by atoms with Gasteiger partial charge in [0.1, 0.15) is 5.92 Å². The highest BCUT2D eigenvalue weighted by atomic mass is 35.5. The molecule has 110 valence electrons. The third-order valence-electron chi connectivity index (χ3n) is 3.72. The van der Waals surface area contributed by atoms with Crippen LogP contribution in [0.5, 0.6) is 0 Å². The zero-order valence-electron chi connectivity index (χ0n) is 11.2. The lowest BCUT2D eigenvalue weighted by molar-refractivity contribution is -0.151. The van der Waals surface area contributed by atoms with E-state index < -0.39 is 17.5 Å². The number of hydrogen-bond acceptors (Lipinski definition) is 4. The van der Waals surface area contributed by atoms with Crippen LogP contribution in [-0.4, -0.2) is 36.9 Å². The summed E-state index contributed by atoms with van der Waals surface area (Å²) in [7, 11) is 1.32. The zero-order valence-corrected chi connectivity index (χ0v) is 12.7. The zero-order chi connectivity index (χ0) is 14.8. The van der Waals surface area contributed by atoms with E-state index in [0.717, 1.165) is 0 Å². The lowest BCUT2D eigenvalue weighted by atomic mass is 9.76. The van der Waals surface area contributed by atoms with Crippen LogP contribution in [-0.2, 0) is 9.53 Å². The Morgan fingerprint density at radius 1 is 1.35 bits per heavy atom. The number of hydrogen-bond donors (Lipinski definition) is 2. The van der Waals surface area contributed by atoms with Crippen molar-refractivity contribution < 1.29 is 14.6 Å². The van der Waals surface area contributed by atoms with Gasteiger partial charge in [-0.1, -0.05) is 29.3 Å². The standard InChI is InChI=1S/C14H17Cl2NO3/c1-20-13(18)12(14(19)4-6-17-7-5-14)9-2-3-10(15)11(16)8-9/h2-3,8,12,17,19H,4-7H2,1H3. The molecule has 1 fully saturated rings. The molecule has 0 saturated carbocycles. The van der Waals surface area contributed by atoms with Crippen LogP contribution < -0.4 is 5.32 Å². The highest BCUT2D eigenvalue weighted by Crippen LogP contribution is 2.38. The molecule has 0 radical (unpaired) electrons. The average Bonchev–Trinajstić information content (AvgIpc) is 2.43. The third kappa shape index (κ3) is 3.09. The van der Waals surface area contributed by atoms with Crippen LogP contribution in [0.1, 0.15) is 24.3 Å².